The smallest absolute Gasteiger partial charge is 0.160 e. The van der Waals surface area contributed by atoms with Crippen molar-refractivity contribution >= 4 is 21.8 Å². The molecule has 0 saturated heterocycles. The quantitative estimate of drug-likeness (QED) is 0.246. The Hall–Kier alpha value is -5.09. The van der Waals surface area contributed by atoms with Crippen LogP contribution in [0.5, 0.6) is 0 Å². The lowest BCUT2D eigenvalue weighted by atomic mass is 10.1. The van der Waals surface area contributed by atoms with Crippen molar-refractivity contribution in [2.45, 2.75) is 0 Å². The molecule has 0 saturated carbocycles. The highest BCUT2D eigenvalue weighted by molar-refractivity contribution is 6.09. The summed E-state index contributed by atoms with van der Waals surface area (Å²) in [6, 6.07) is 43.7. The number of fused-ring (bicyclic) bond motifs is 3. The van der Waals surface area contributed by atoms with Crippen molar-refractivity contribution in [2.24, 2.45) is 0 Å². The summed E-state index contributed by atoms with van der Waals surface area (Å²) in [5, 5.41) is 1.91. The summed E-state index contributed by atoms with van der Waals surface area (Å²) < 4.78 is 16.4. The molecule has 0 amide bonds. The number of aromatic nitrogens is 3. The summed E-state index contributed by atoms with van der Waals surface area (Å²) >= 11 is 0. The molecular formula is C34H22FN3. The van der Waals surface area contributed by atoms with E-state index in [0.29, 0.717) is 5.82 Å². The van der Waals surface area contributed by atoms with Crippen LogP contribution in [0.4, 0.5) is 4.39 Å². The second-order valence-electron chi connectivity index (χ2n) is 9.26. The lowest BCUT2D eigenvalue weighted by Gasteiger charge is -2.12. The van der Waals surface area contributed by atoms with Crippen LogP contribution in [0.15, 0.2) is 133 Å². The number of hydrogen-bond acceptors (Lipinski definition) is 2. The summed E-state index contributed by atoms with van der Waals surface area (Å²) in [6.07, 6.45) is 0. The maximum Gasteiger partial charge on any atom is 0.160 e. The monoisotopic (exact) mass is 491 g/mol. The zero-order valence-corrected chi connectivity index (χ0v) is 20.4. The molecule has 0 radical (unpaired) electrons. The second kappa shape index (κ2) is 9.09. The van der Waals surface area contributed by atoms with Crippen LogP contribution >= 0.6 is 0 Å². The van der Waals surface area contributed by atoms with Crippen LogP contribution in [0.25, 0.3) is 61.4 Å². The van der Waals surface area contributed by atoms with Gasteiger partial charge in [-0.1, -0.05) is 91.0 Å². The fraction of sp³-hybridized carbons (Fsp3) is 0. The van der Waals surface area contributed by atoms with Crippen LogP contribution in [0.2, 0.25) is 0 Å². The normalized spacial score (nSPS) is 11.3. The fourth-order valence-electron chi connectivity index (χ4n) is 5.10. The van der Waals surface area contributed by atoms with Crippen LogP contribution in [0.1, 0.15) is 0 Å². The van der Waals surface area contributed by atoms with Gasteiger partial charge in [0.05, 0.1) is 22.4 Å². The topological polar surface area (TPSA) is 30.7 Å². The third kappa shape index (κ3) is 3.84. The minimum atomic E-state index is -0.239. The predicted molar refractivity (Wildman–Crippen MR) is 153 cm³/mol. The van der Waals surface area contributed by atoms with Crippen molar-refractivity contribution in [2.75, 3.05) is 0 Å². The number of nitrogens with zero attached hydrogens (tertiary/aromatic N) is 3. The highest BCUT2D eigenvalue weighted by Gasteiger charge is 2.15. The highest BCUT2D eigenvalue weighted by Crippen LogP contribution is 2.34. The molecule has 2 heterocycles. The largest absolute Gasteiger partial charge is 0.309 e. The van der Waals surface area contributed by atoms with Gasteiger partial charge in [-0.25, -0.2) is 14.4 Å². The Kier molecular flexibility index (Phi) is 5.30. The average Bonchev–Trinajstić information content (AvgIpc) is 3.31. The Morgan fingerprint density at radius 3 is 1.89 bits per heavy atom. The van der Waals surface area contributed by atoms with Gasteiger partial charge < -0.3 is 4.57 Å². The van der Waals surface area contributed by atoms with Crippen molar-refractivity contribution in [3.05, 3.63) is 139 Å². The van der Waals surface area contributed by atoms with Crippen molar-refractivity contribution in [1.82, 2.24) is 14.5 Å². The summed E-state index contributed by atoms with van der Waals surface area (Å²) in [5.41, 5.74) is 7.67. The Bertz CT molecular complexity index is 1870. The van der Waals surface area contributed by atoms with Crippen molar-refractivity contribution in [1.29, 1.82) is 0 Å². The van der Waals surface area contributed by atoms with E-state index in [1.807, 2.05) is 84.9 Å². The van der Waals surface area contributed by atoms with Gasteiger partial charge in [0.15, 0.2) is 5.82 Å². The van der Waals surface area contributed by atoms with Crippen LogP contribution in [0.3, 0.4) is 0 Å². The molecule has 0 spiro atoms. The van der Waals surface area contributed by atoms with E-state index in [9.17, 15) is 4.39 Å². The van der Waals surface area contributed by atoms with E-state index in [1.54, 1.807) is 6.07 Å². The molecule has 4 heteroatoms. The number of hydrogen-bond donors (Lipinski definition) is 0. The first kappa shape index (κ1) is 22.1. The fourth-order valence-corrected chi connectivity index (χ4v) is 5.10. The first-order chi connectivity index (χ1) is 18.7. The molecule has 0 aliphatic heterocycles. The summed E-state index contributed by atoms with van der Waals surface area (Å²) in [4.78, 5) is 9.90. The summed E-state index contributed by atoms with van der Waals surface area (Å²) in [6.45, 7) is 0. The Labute approximate surface area is 219 Å². The van der Waals surface area contributed by atoms with Gasteiger partial charge in [0.1, 0.15) is 5.82 Å². The Morgan fingerprint density at radius 2 is 1.11 bits per heavy atom. The molecule has 0 aliphatic rings. The number of halogens is 1. The molecule has 5 aromatic carbocycles. The molecule has 0 atom stereocenters. The van der Waals surface area contributed by atoms with E-state index in [0.717, 1.165) is 55.6 Å². The van der Waals surface area contributed by atoms with Crippen LogP contribution < -0.4 is 0 Å². The van der Waals surface area contributed by atoms with Crippen molar-refractivity contribution < 1.29 is 4.39 Å². The molecule has 0 aliphatic carbocycles. The number of para-hydroxylation sites is 1. The van der Waals surface area contributed by atoms with Gasteiger partial charge in [-0.05, 0) is 42.5 Å². The van der Waals surface area contributed by atoms with Gasteiger partial charge in [0, 0.05) is 33.2 Å². The zero-order chi connectivity index (χ0) is 25.5. The molecule has 3 nitrogen and oxygen atoms in total. The minimum absolute atomic E-state index is 0.239. The maximum atomic E-state index is 14.2. The number of rotatable bonds is 4. The molecule has 0 N–H and O–H groups in total. The molecule has 2 aromatic heterocycles. The van der Waals surface area contributed by atoms with Crippen LogP contribution in [0, 0.1) is 5.82 Å². The SMILES string of the molecule is Fc1ccc2c(c1)c1ccccc1n2-c1cccc(-c2cc(-c3ccccc3)nc(-c3ccccc3)n2)c1. The van der Waals surface area contributed by atoms with Gasteiger partial charge in [-0.2, -0.15) is 0 Å². The van der Waals surface area contributed by atoms with E-state index in [-0.39, 0.29) is 5.82 Å². The van der Waals surface area contributed by atoms with Gasteiger partial charge in [0.25, 0.3) is 0 Å². The standard InChI is InChI=1S/C34H22FN3/c35-26-18-19-33-29(21-26)28-16-7-8-17-32(28)38(33)27-15-9-14-25(20-27)31-22-30(23-10-3-1-4-11-23)36-34(37-31)24-12-5-2-6-13-24/h1-22H. The lowest BCUT2D eigenvalue weighted by molar-refractivity contribution is 0.629. The lowest BCUT2D eigenvalue weighted by Crippen LogP contribution is -1.97. The van der Waals surface area contributed by atoms with Gasteiger partial charge in [0.2, 0.25) is 0 Å². The van der Waals surface area contributed by atoms with E-state index in [4.69, 9.17) is 9.97 Å². The third-order valence-electron chi connectivity index (χ3n) is 6.86. The molecule has 0 fully saturated rings. The van der Waals surface area contributed by atoms with Crippen LogP contribution in [-0.2, 0) is 0 Å². The van der Waals surface area contributed by atoms with E-state index < -0.39 is 0 Å². The summed E-state index contributed by atoms with van der Waals surface area (Å²) in [5.74, 6) is 0.441. The Balaban J connectivity index is 1.44. The van der Waals surface area contributed by atoms with Gasteiger partial charge in [-0.15, -0.1) is 0 Å². The number of benzene rings is 5. The van der Waals surface area contributed by atoms with E-state index in [2.05, 4.69) is 41.0 Å². The predicted octanol–water partition coefficient (Wildman–Crippen LogP) is 8.71. The maximum absolute atomic E-state index is 14.2. The average molecular weight is 492 g/mol. The van der Waals surface area contributed by atoms with Gasteiger partial charge >= 0.3 is 0 Å². The van der Waals surface area contributed by atoms with Gasteiger partial charge in [-0.3, -0.25) is 0 Å². The first-order valence-electron chi connectivity index (χ1n) is 12.5. The minimum Gasteiger partial charge on any atom is -0.309 e. The third-order valence-corrected chi connectivity index (χ3v) is 6.86. The Morgan fingerprint density at radius 1 is 0.474 bits per heavy atom. The molecule has 0 bridgehead atoms. The summed E-state index contributed by atoms with van der Waals surface area (Å²) in [7, 11) is 0. The van der Waals surface area contributed by atoms with E-state index >= 15 is 0 Å². The molecule has 7 rings (SSSR count). The molecule has 7 aromatic rings. The second-order valence-corrected chi connectivity index (χ2v) is 9.26. The van der Waals surface area contributed by atoms with Crippen molar-refractivity contribution in [3.8, 4) is 39.6 Å². The molecular weight excluding hydrogens is 469 g/mol. The molecule has 180 valence electrons. The molecule has 0 unspecified atom stereocenters. The van der Waals surface area contributed by atoms with Crippen LogP contribution in [-0.4, -0.2) is 14.5 Å². The first-order valence-corrected chi connectivity index (χ1v) is 12.5. The molecule has 38 heavy (non-hydrogen) atoms. The van der Waals surface area contributed by atoms with E-state index in [1.165, 1.54) is 6.07 Å². The zero-order valence-electron chi connectivity index (χ0n) is 20.4. The highest BCUT2D eigenvalue weighted by atomic mass is 19.1. The van der Waals surface area contributed by atoms with Crippen molar-refractivity contribution in [3.63, 3.8) is 0 Å².